The van der Waals surface area contributed by atoms with Crippen LogP contribution in [0.2, 0.25) is 5.02 Å². The summed E-state index contributed by atoms with van der Waals surface area (Å²) in [5.74, 6) is 2.52. The number of hydrogen-bond acceptors (Lipinski definition) is 4. The minimum atomic E-state index is -0.322. The molecule has 0 saturated heterocycles. The third kappa shape index (κ3) is 7.04. The van der Waals surface area contributed by atoms with Gasteiger partial charge in [0.15, 0.2) is 0 Å². The summed E-state index contributed by atoms with van der Waals surface area (Å²) in [4.78, 5) is 7.52. The molecular formula is C31H40ClN3O2. The van der Waals surface area contributed by atoms with Crippen molar-refractivity contribution in [1.29, 1.82) is 0 Å². The zero-order valence-corrected chi connectivity index (χ0v) is 23.4. The molecule has 198 valence electrons. The van der Waals surface area contributed by atoms with Gasteiger partial charge in [0.1, 0.15) is 17.3 Å². The van der Waals surface area contributed by atoms with Crippen molar-refractivity contribution < 1.29 is 9.47 Å². The summed E-state index contributed by atoms with van der Waals surface area (Å²) in [5, 5.41) is 0.692. The standard InChI is InChI=1S/C31H40ClN3O2/c1-5-8-20-35-29-23-31(4,36-21-10-19-34(6-2)7-3)18-17-28(29)33-30(35)24-11-9-12-27(22-24)37-26-15-13-25(32)14-16-26/h9,11-18,22H,5-8,10,19-21,23H2,1-4H3. The normalized spacial score (nSPS) is 16.8. The van der Waals surface area contributed by atoms with Gasteiger partial charge >= 0.3 is 0 Å². The van der Waals surface area contributed by atoms with Gasteiger partial charge in [0.05, 0.1) is 11.3 Å². The molecule has 0 radical (unpaired) electrons. The molecule has 0 N–H and O–H groups in total. The van der Waals surface area contributed by atoms with E-state index in [-0.39, 0.29) is 5.60 Å². The number of unbranched alkanes of at least 4 members (excludes halogenated alkanes) is 1. The van der Waals surface area contributed by atoms with Gasteiger partial charge in [0, 0.05) is 42.4 Å². The van der Waals surface area contributed by atoms with Crippen LogP contribution in [0.25, 0.3) is 17.5 Å². The van der Waals surface area contributed by atoms with Gasteiger partial charge in [-0.3, -0.25) is 0 Å². The summed E-state index contributed by atoms with van der Waals surface area (Å²) in [7, 11) is 0. The molecule has 0 spiro atoms. The number of rotatable bonds is 13. The summed E-state index contributed by atoms with van der Waals surface area (Å²) >= 11 is 6.03. The van der Waals surface area contributed by atoms with E-state index in [1.807, 2.05) is 36.4 Å². The first-order valence-electron chi connectivity index (χ1n) is 13.6. The van der Waals surface area contributed by atoms with Crippen molar-refractivity contribution in [3.05, 3.63) is 71.0 Å². The molecule has 5 nitrogen and oxygen atoms in total. The number of fused-ring (bicyclic) bond motifs is 1. The maximum Gasteiger partial charge on any atom is 0.141 e. The van der Waals surface area contributed by atoms with E-state index in [9.17, 15) is 0 Å². The maximum atomic E-state index is 6.45. The first-order valence-corrected chi connectivity index (χ1v) is 14.0. The van der Waals surface area contributed by atoms with E-state index < -0.39 is 0 Å². The van der Waals surface area contributed by atoms with Crippen molar-refractivity contribution in [3.63, 3.8) is 0 Å². The zero-order chi connectivity index (χ0) is 26.3. The van der Waals surface area contributed by atoms with Crippen LogP contribution in [0.5, 0.6) is 11.5 Å². The van der Waals surface area contributed by atoms with Crippen LogP contribution in [-0.2, 0) is 17.7 Å². The molecule has 1 unspecified atom stereocenters. The van der Waals surface area contributed by atoms with Crippen LogP contribution in [0, 0.1) is 0 Å². The predicted molar refractivity (Wildman–Crippen MR) is 154 cm³/mol. The number of benzene rings is 2. The number of aromatic nitrogens is 2. The Hall–Kier alpha value is -2.60. The number of halogens is 1. The minimum Gasteiger partial charge on any atom is -0.457 e. The van der Waals surface area contributed by atoms with Crippen molar-refractivity contribution in [1.82, 2.24) is 14.5 Å². The molecule has 1 atom stereocenters. The fourth-order valence-electron chi connectivity index (χ4n) is 4.82. The Morgan fingerprint density at radius 1 is 1.03 bits per heavy atom. The summed E-state index contributed by atoms with van der Waals surface area (Å²) in [5.41, 5.74) is 3.02. The van der Waals surface area contributed by atoms with Crippen molar-refractivity contribution >= 4 is 17.7 Å². The van der Waals surface area contributed by atoms with Crippen molar-refractivity contribution in [2.24, 2.45) is 0 Å². The molecule has 0 amide bonds. The Bertz CT molecular complexity index is 1180. The van der Waals surface area contributed by atoms with Gasteiger partial charge in [0.25, 0.3) is 0 Å². The van der Waals surface area contributed by atoms with E-state index in [1.165, 1.54) is 5.69 Å². The average Bonchev–Trinajstić information content (AvgIpc) is 3.26. The van der Waals surface area contributed by atoms with Crippen molar-refractivity contribution in [2.45, 2.75) is 65.5 Å². The van der Waals surface area contributed by atoms with Crippen molar-refractivity contribution in [3.8, 4) is 22.9 Å². The quantitative estimate of drug-likeness (QED) is 0.214. The van der Waals surface area contributed by atoms with Crippen LogP contribution >= 0.6 is 11.6 Å². The summed E-state index contributed by atoms with van der Waals surface area (Å²) in [6.45, 7) is 13.8. The Kier molecular flexibility index (Phi) is 9.47. The molecule has 0 bridgehead atoms. The summed E-state index contributed by atoms with van der Waals surface area (Å²) < 4.78 is 14.9. The monoisotopic (exact) mass is 521 g/mol. The third-order valence-electron chi connectivity index (χ3n) is 7.04. The largest absolute Gasteiger partial charge is 0.457 e. The first kappa shape index (κ1) is 27.4. The van der Waals surface area contributed by atoms with Gasteiger partial charge < -0.3 is 18.9 Å². The van der Waals surface area contributed by atoms with E-state index in [2.05, 4.69) is 61.4 Å². The molecule has 2 aromatic carbocycles. The molecule has 4 rings (SSSR count). The number of imidazole rings is 1. The molecule has 1 aliphatic carbocycles. The summed E-state index contributed by atoms with van der Waals surface area (Å²) in [6, 6.07) is 15.6. The minimum absolute atomic E-state index is 0.322. The smallest absolute Gasteiger partial charge is 0.141 e. The Morgan fingerprint density at radius 2 is 1.81 bits per heavy atom. The average molecular weight is 522 g/mol. The molecule has 3 aromatic rings. The van der Waals surface area contributed by atoms with Gasteiger partial charge in [-0.15, -0.1) is 0 Å². The van der Waals surface area contributed by atoms with Crippen LogP contribution in [0.15, 0.2) is 54.6 Å². The second kappa shape index (κ2) is 12.8. The van der Waals surface area contributed by atoms with Crippen LogP contribution in [0.4, 0.5) is 0 Å². The van der Waals surface area contributed by atoms with Gasteiger partial charge in [-0.25, -0.2) is 4.98 Å². The lowest BCUT2D eigenvalue weighted by Gasteiger charge is -2.30. The fourth-order valence-corrected chi connectivity index (χ4v) is 4.94. The van der Waals surface area contributed by atoms with E-state index in [0.717, 1.165) is 87.1 Å². The molecular weight excluding hydrogens is 482 g/mol. The fraction of sp³-hybridized carbons (Fsp3) is 0.452. The van der Waals surface area contributed by atoms with Crippen LogP contribution in [0.1, 0.15) is 58.3 Å². The zero-order valence-electron chi connectivity index (χ0n) is 22.7. The van der Waals surface area contributed by atoms with Gasteiger partial charge in [-0.05, 0) is 75.3 Å². The second-order valence-electron chi connectivity index (χ2n) is 9.91. The highest BCUT2D eigenvalue weighted by Crippen LogP contribution is 2.34. The van der Waals surface area contributed by atoms with E-state index >= 15 is 0 Å². The first-order chi connectivity index (χ1) is 17.9. The Labute approximate surface area is 227 Å². The second-order valence-corrected chi connectivity index (χ2v) is 10.3. The lowest BCUT2D eigenvalue weighted by atomic mass is 9.93. The SMILES string of the molecule is CCCCn1c(-c2cccc(Oc3ccc(Cl)cc3)c2)nc2c1CC(C)(OCCCN(CC)CC)C=C2. The van der Waals surface area contributed by atoms with Crippen LogP contribution in [-0.4, -0.2) is 46.3 Å². The molecule has 0 aliphatic heterocycles. The number of nitrogens with zero attached hydrogens (tertiary/aromatic N) is 3. The highest BCUT2D eigenvalue weighted by Gasteiger charge is 2.31. The predicted octanol–water partition coefficient (Wildman–Crippen LogP) is 7.87. The number of ether oxygens (including phenoxy) is 2. The van der Waals surface area contributed by atoms with E-state index in [1.54, 1.807) is 0 Å². The van der Waals surface area contributed by atoms with Gasteiger partial charge in [-0.1, -0.05) is 57.0 Å². The van der Waals surface area contributed by atoms with Crippen LogP contribution in [0.3, 0.4) is 0 Å². The molecule has 0 saturated carbocycles. The number of hydrogen-bond donors (Lipinski definition) is 0. The van der Waals surface area contributed by atoms with E-state index in [4.69, 9.17) is 26.1 Å². The van der Waals surface area contributed by atoms with Crippen LogP contribution < -0.4 is 4.74 Å². The molecule has 1 aromatic heterocycles. The highest BCUT2D eigenvalue weighted by atomic mass is 35.5. The lowest BCUT2D eigenvalue weighted by Crippen LogP contribution is -2.34. The molecule has 6 heteroatoms. The summed E-state index contributed by atoms with van der Waals surface area (Å²) in [6.07, 6.45) is 8.42. The molecule has 37 heavy (non-hydrogen) atoms. The third-order valence-corrected chi connectivity index (χ3v) is 7.29. The Balaban J connectivity index is 1.54. The highest BCUT2D eigenvalue weighted by molar-refractivity contribution is 6.30. The van der Waals surface area contributed by atoms with Gasteiger partial charge in [0.2, 0.25) is 0 Å². The van der Waals surface area contributed by atoms with Gasteiger partial charge in [-0.2, -0.15) is 0 Å². The lowest BCUT2D eigenvalue weighted by molar-refractivity contribution is 0.000235. The Morgan fingerprint density at radius 3 is 2.54 bits per heavy atom. The maximum absolute atomic E-state index is 6.45. The topological polar surface area (TPSA) is 39.5 Å². The molecule has 0 fully saturated rings. The molecule has 1 aliphatic rings. The van der Waals surface area contributed by atoms with E-state index in [0.29, 0.717) is 5.02 Å². The van der Waals surface area contributed by atoms with Crippen molar-refractivity contribution in [2.75, 3.05) is 26.2 Å². The molecule has 1 heterocycles.